The maximum Gasteiger partial charge on any atom is 0.122 e. The summed E-state index contributed by atoms with van der Waals surface area (Å²) in [5.41, 5.74) is 0.424. The van der Waals surface area contributed by atoms with Crippen LogP contribution in [0, 0.1) is 11.8 Å². The van der Waals surface area contributed by atoms with Gasteiger partial charge in [0, 0.05) is 18.4 Å². The van der Waals surface area contributed by atoms with Crippen LogP contribution in [0.3, 0.4) is 0 Å². The van der Waals surface area contributed by atoms with Gasteiger partial charge in [0.1, 0.15) is 5.60 Å². The van der Waals surface area contributed by atoms with E-state index in [1.807, 2.05) is 18.5 Å². The molecule has 1 aliphatic heterocycles. The predicted molar refractivity (Wildman–Crippen MR) is 85.7 cm³/mol. The number of nitrogens with zero attached hydrogens (tertiary/aromatic N) is 2. The molecular weight excluding hydrogens is 260 g/mol. The molecule has 0 bridgehead atoms. The molecule has 1 aliphatic rings. The van der Waals surface area contributed by atoms with E-state index in [1.165, 1.54) is 24.8 Å². The minimum absolute atomic E-state index is 0.415. The molecule has 0 radical (unpaired) electrons. The van der Waals surface area contributed by atoms with E-state index in [4.69, 9.17) is 0 Å². The first kappa shape index (κ1) is 16.0. The molecule has 1 N–H and O–H groups in total. The second-order valence-corrected chi connectivity index (χ2v) is 6.09. The molecule has 0 amide bonds. The molecule has 0 saturated carbocycles. The first-order valence-corrected chi connectivity index (χ1v) is 7.99. The zero-order valence-electron chi connectivity index (χ0n) is 13.2. The van der Waals surface area contributed by atoms with E-state index in [9.17, 15) is 5.11 Å². The Hall–Kier alpha value is -1.37. The van der Waals surface area contributed by atoms with E-state index >= 15 is 0 Å². The van der Waals surface area contributed by atoms with Gasteiger partial charge in [-0.2, -0.15) is 0 Å². The van der Waals surface area contributed by atoms with Crippen LogP contribution in [-0.4, -0.2) is 33.7 Å². The maximum absolute atomic E-state index is 10.1. The summed E-state index contributed by atoms with van der Waals surface area (Å²) in [7, 11) is 0. The fourth-order valence-electron chi connectivity index (χ4n) is 3.01. The van der Waals surface area contributed by atoms with Crippen LogP contribution < -0.4 is 0 Å². The number of aromatic nitrogens is 1. The summed E-state index contributed by atoms with van der Waals surface area (Å²) in [6.45, 7) is 5.67. The van der Waals surface area contributed by atoms with Gasteiger partial charge in [-0.3, -0.25) is 9.88 Å². The lowest BCUT2D eigenvalue weighted by atomic mass is 9.96. The second-order valence-electron chi connectivity index (χ2n) is 6.09. The van der Waals surface area contributed by atoms with E-state index in [0.29, 0.717) is 6.04 Å². The quantitative estimate of drug-likeness (QED) is 0.864. The van der Waals surface area contributed by atoms with Gasteiger partial charge in [0.15, 0.2) is 0 Å². The van der Waals surface area contributed by atoms with Gasteiger partial charge in [-0.1, -0.05) is 37.7 Å². The summed E-state index contributed by atoms with van der Waals surface area (Å²) < 4.78 is 0. The minimum atomic E-state index is -0.853. The molecule has 2 atom stereocenters. The highest BCUT2D eigenvalue weighted by atomic mass is 16.3. The Morgan fingerprint density at radius 2 is 2.33 bits per heavy atom. The molecule has 21 heavy (non-hydrogen) atoms. The van der Waals surface area contributed by atoms with Crippen molar-refractivity contribution in [1.29, 1.82) is 0 Å². The van der Waals surface area contributed by atoms with Crippen LogP contribution in [0.2, 0.25) is 0 Å². The first-order chi connectivity index (χ1) is 10.1. The second kappa shape index (κ2) is 7.59. The third-order valence-corrected chi connectivity index (χ3v) is 4.06. The van der Waals surface area contributed by atoms with Crippen LogP contribution in [0.4, 0.5) is 0 Å². The van der Waals surface area contributed by atoms with Crippen molar-refractivity contribution in [1.82, 2.24) is 9.88 Å². The van der Waals surface area contributed by atoms with E-state index in [-0.39, 0.29) is 0 Å². The molecule has 1 saturated heterocycles. The molecule has 3 nitrogen and oxygen atoms in total. The fraction of sp³-hybridized carbons (Fsp3) is 0.611. The smallest absolute Gasteiger partial charge is 0.122 e. The molecule has 1 aromatic heterocycles. The van der Waals surface area contributed by atoms with Crippen LogP contribution in [0.1, 0.15) is 57.6 Å². The van der Waals surface area contributed by atoms with Gasteiger partial charge in [0.2, 0.25) is 0 Å². The van der Waals surface area contributed by atoms with Crippen LogP contribution >= 0.6 is 0 Å². The van der Waals surface area contributed by atoms with Gasteiger partial charge in [-0.25, -0.2) is 0 Å². The number of hydrogen-bond acceptors (Lipinski definition) is 3. The molecule has 1 aromatic rings. The van der Waals surface area contributed by atoms with Crippen molar-refractivity contribution in [3.63, 3.8) is 0 Å². The summed E-state index contributed by atoms with van der Waals surface area (Å²) in [5, 5.41) is 10.1. The van der Waals surface area contributed by atoms with Crippen molar-refractivity contribution in [3.05, 3.63) is 30.1 Å². The van der Waals surface area contributed by atoms with Crippen molar-refractivity contribution in [2.45, 2.75) is 57.6 Å². The molecule has 3 heteroatoms. The molecule has 2 rings (SSSR count). The maximum atomic E-state index is 10.1. The topological polar surface area (TPSA) is 36.4 Å². The fourth-order valence-corrected chi connectivity index (χ4v) is 3.01. The third-order valence-electron chi connectivity index (χ3n) is 4.06. The van der Waals surface area contributed by atoms with Gasteiger partial charge < -0.3 is 5.11 Å². The van der Waals surface area contributed by atoms with Crippen molar-refractivity contribution in [2.24, 2.45) is 0 Å². The Balaban J connectivity index is 2.02. The average molecular weight is 286 g/mol. The van der Waals surface area contributed by atoms with Gasteiger partial charge in [0.25, 0.3) is 0 Å². The first-order valence-electron chi connectivity index (χ1n) is 7.99. The summed E-state index contributed by atoms with van der Waals surface area (Å²) in [5.74, 6) is 6.21. The van der Waals surface area contributed by atoms with Crippen LogP contribution in [0.5, 0.6) is 0 Å². The molecule has 1 fully saturated rings. The lowest BCUT2D eigenvalue weighted by molar-refractivity contribution is 0.111. The molecule has 2 heterocycles. The van der Waals surface area contributed by atoms with Crippen molar-refractivity contribution < 1.29 is 5.11 Å². The molecule has 0 spiro atoms. The number of pyridine rings is 1. The molecular formula is C18H26N2O. The van der Waals surface area contributed by atoms with E-state index in [0.717, 1.165) is 25.9 Å². The van der Waals surface area contributed by atoms with Crippen LogP contribution in [0.25, 0.3) is 0 Å². The lowest BCUT2D eigenvalue weighted by Gasteiger charge is -2.34. The van der Waals surface area contributed by atoms with Gasteiger partial charge in [-0.15, -0.1) is 0 Å². The van der Waals surface area contributed by atoms with Crippen molar-refractivity contribution in [2.75, 3.05) is 13.1 Å². The zero-order chi connectivity index (χ0) is 15.1. The molecule has 0 aliphatic carbocycles. The molecule has 114 valence electrons. The monoisotopic (exact) mass is 286 g/mol. The summed E-state index contributed by atoms with van der Waals surface area (Å²) in [6, 6.07) is 4.56. The highest BCUT2D eigenvalue weighted by Gasteiger charge is 2.23. The highest BCUT2D eigenvalue weighted by Crippen LogP contribution is 2.29. The zero-order valence-corrected chi connectivity index (χ0v) is 13.2. The highest BCUT2D eigenvalue weighted by molar-refractivity contribution is 5.17. The van der Waals surface area contributed by atoms with Gasteiger partial charge in [-0.05, 0) is 44.4 Å². The normalized spacial score (nSPS) is 22.1. The van der Waals surface area contributed by atoms with Gasteiger partial charge >= 0.3 is 0 Å². The lowest BCUT2D eigenvalue weighted by Crippen LogP contribution is -2.34. The van der Waals surface area contributed by atoms with Crippen LogP contribution in [-0.2, 0) is 0 Å². The van der Waals surface area contributed by atoms with Crippen LogP contribution in [0.15, 0.2) is 24.5 Å². The SMILES string of the molecule is CCC[C@@](C)(O)C#CCN1CCCC[C@H]1c1cccnc1. The minimum Gasteiger partial charge on any atom is -0.378 e. The van der Waals surface area contributed by atoms with E-state index in [2.05, 4.69) is 34.7 Å². The Morgan fingerprint density at radius 1 is 1.48 bits per heavy atom. The number of likely N-dealkylation sites (tertiary alicyclic amines) is 1. The Bertz CT molecular complexity index is 487. The van der Waals surface area contributed by atoms with E-state index < -0.39 is 5.60 Å². The van der Waals surface area contributed by atoms with Gasteiger partial charge in [0.05, 0.1) is 6.54 Å². The number of piperidine rings is 1. The van der Waals surface area contributed by atoms with E-state index in [1.54, 1.807) is 6.92 Å². The van der Waals surface area contributed by atoms with Crippen molar-refractivity contribution in [3.8, 4) is 11.8 Å². The average Bonchev–Trinajstić information content (AvgIpc) is 2.48. The largest absolute Gasteiger partial charge is 0.378 e. The molecule has 0 aromatic carbocycles. The Kier molecular flexibility index (Phi) is 5.78. The van der Waals surface area contributed by atoms with Crippen molar-refractivity contribution >= 4 is 0 Å². The summed E-state index contributed by atoms with van der Waals surface area (Å²) >= 11 is 0. The molecule has 0 unspecified atom stereocenters. The summed E-state index contributed by atoms with van der Waals surface area (Å²) in [6.07, 6.45) is 9.11. The summed E-state index contributed by atoms with van der Waals surface area (Å²) in [4.78, 5) is 6.65. The number of rotatable bonds is 4. The predicted octanol–water partition coefficient (Wildman–Crippen LogP) is 3.16. The standard InChI is InChI=1S/C18H26N2O/c1-3-10-18(2,21)11-7-14-20-13-5-4-9-17(20)16-8-6-12-19-15-16/h6,8,12,15,17,21H,3-5,9-10,13-14H2,1-2H3/t17-,18+/m0/s1. The third kappa shape index (κ3) is 4.84. The Morgan fingerprint density at radius 3 is 3.05 bits per heavy atom. The number of hydrogen-bond donors (Lipinski definition) is 1. The number of aliphatic hydroxyl groups is 1. The Labute approximate surface area is 128 Å².